The molecule has 7 fully saturated rings. The second kappa shape index (κ2) is 43.1. The number of aryl methyl sites for hydroxylation is 3. The molecular weight excluding hydrogens is 1740 g/mol. The second-order valence-corrected chi connectivity index (χ2v) is 48.8. The van der Waals surface area contributed by atoms with Gasteiger partial charge >= 0.3 is 42.3 Å². The van der Waals surface area contributed by atoms with Crippen LogP contribution < -0.4 is 48.9 Å². The molecule has 6 amide bonds. The molecule has 13 rings (SSSR count). The molecule has 10 aliphatic rings. The number of nitrogens with one attached hydrogen (secondary N) is 4. The van der Waals surface area contributed by atoms with Crippen LogP contribution in [-0.2, 0) is 83.3 Å². The Morgan fingerprint density at radius 2 is 0.754 bits per heavy atom. The molecule has 0 radical (unpaired) electrons. The van der Waals surface area contributed by atoms with Gasteiger partial charge in [0.2, 0.25) is 0 Å². The summed E-state index contributed by atoms with van der Waals surface area (Å²) in [6.45, 7) is 62.5. The molecule has 0 aromatic heterocycles. The molecule has 134 heavy (non-hydrogen) atoms. The van der Waals surface area contributed by atoms with Gasteiger partial charge in [-0.3, -0.25) is 9.59 Å². The van der Waals surface area contributed by atoms with Crippen molar-refractivity contribution in [2.75, 3.05) is 13.1 Å². The summed E-state index contributed by atoms with van der Waals surface area (Å²) in [5, 5.41) is 21.0. The normalized spacial score (nSPS) is 28.0. The Labute approximate surface area is 815 Å². The number of hydrogen-bond acceptors (Lipinski definition) is 17. The van der Waals surface area contributed by atoms with Crippen molar-refractivity contribution in [3.8, 4) is 17.2 Å². The lowest BCUT2D eigenvalue weighted by molar-refractivity contribution is -0.408. The summed E-state index contributed by atoms with van der Waals surface area (Å²) < 4.78 is 32.9. The third-order valence-corrected chi connectivity index (χ3v) is 32.7. The van der Waals surface area contributed by atoms with Gasteiger partial charge in [-0.25, -0.2) is 33.6 Å². The number of halogens is 2. The van der Waals surface area contributed by atoms with Crippen molar-refractivity contribution in [3.05, 3.63) is 93.4 Å². The number of quaternary nitrogens is 1. The standard InChI is InChI=1S/C38H60N2O6.C29H44NO2.C22H32O.C20H33N3O8.2ClH/c1-24-21-26(22-25-23-29-37(10)18-14-17-36(8,9)28(37)16-19-38(29,11)30(24)25)44-31(41)27(40-33(43)46-35(5,6)7)15-12-13-20-39-32(42)45-34(2,3)4;1-7-8-9-11-22(30)26(31)32-21-16-19(2)25-20(17-21)18-24-28(5)14-10-13-27(3,4)23(28)12-15-29(24,25)6;1-14-11-16(23)12-15-13-18-21(4)9-6-8-20(2,3)17(21)7-10-22(18,5)19(14)15;1-19(2,3)29-17(27)21-12-8-7-9-13(22-18(28)30-20(4,5)6)16(26)31-23-14(24)10-11-15(23)25;;/h21-22,27-29H,12-20,23H2,1-11H3,(H,39,42)(H,40,43);16-17,22-24H,1,7-15,18,30H2,2-6H3;11-12,17-18,23H,6-10,13H2,1-5H3;13H,7-12H2,1-6H3,(H,21,27)(H,22,28);2*1H/q;+1;;;;/t27?,28?,29-,37+,38-;22?,23?,24-,28+,29-;17?,18-,21+,22-;;;/m111.../s1. The number of alkyl carbamates (subject to hydrolysis) is 4. The fraction of sp³-hybridized carbons (Fsp3) is 0.743. The van der Waals surface area contributed by atoms with Gasteiger partial charge in [0.15, 0.2) is 6.04 Å². The number of fused-ring (bicyclic) bond motifs is 15. The molecule has 6 unspecified atom stereocenters. The third-order valence-electron chi connectivity index (χ3n) is 32.7. The van der Waals surface area contributed by atoms with E-state index in [-0.39, 0.29) is 72.3 Å². The number of imide groups is 1. The number of esters is 2. The first-order valence-electron chi connectivity index (χ1n) is 50.2. The van der Waals surface area contributed by atoms with E-state index < -0.39 is 82.6 Å². The number of phenolic OH excluding ortho intramolecular Hbond substituents is 1. The molecule has 15 atom stereocenters. The van der Waals surface area contributed by atoms with Crippen LogP contribution in [0.1, 0.15) is 390 Å². The lowest BCUT2D eigenvalue weighted by Crippen LogP contribution is -3.00. The number of hydroxylamine groups is 2. The predicted molar refractivity (Wildman–Crippen MR) is 523 cm³/mol. The minimum absolute atomic E-state index is 0. The van der Waals surface area contributed by atoms with Gasteiger partial charge in [0.05, 0.1) is 13.3 Å². The van der Waals surface area contributed by atoms with Crippen LogP contribution >= 0.6 is 12.4 Å². The fourth-order valence-electron chi connectivity index (χ4n) is 27.7. The smallest absolute Gasteiger partial charge is 0.408 e. The van der Waals surface area contributed by atoms with Crippen LogP contribution in [0.4, 0.5) is 19.2 Å². The zero-order chi connectivity index (χ0) is 98.0. The average Bonchev–Trinajstić information content (AvgIpc) is 1.53. The number of aromatic hydroxyl groups is 1. The molecular formula is C109H171Cl2N6O17+. The number of amides is 6. The maximum atomic E-state index is 13.6. The lowest BCUT2D eigenvalue weighted by atomic mass is 9.43. The molecule has 8 N–H and O–H groups in total. The van der Waals surface area contributed by atoms with Gasteiger partial charge in [0, 0.05) is 32.4 Å². The molecule has 0 spiro atoms. The zero-order valence-electron chi connectivity index (χ0n) is 86.9. The average molecular weight is 1910 g/mol. The SMILES string of the molecule is CC(C)(C)OC(=O)NCCCCC(NC(=O)OC(C)(C)C)C(=O)ON1C(=O)CCC1=O.Cc1cc(O)cc2c1[C@]1(C)CCC3C(C)(C)CCC[C@]3(C)[C@H]1C2.Cc1cc(OC(=O)C(CCCCNC(=O)OC(C)(C)C)NC(=O)OC(C)(C)C)cc2c1[C@]1(C)CCC3C(C)(C)CCC[C@]3(C)[C@H]1C2.Cl.[CH2+]CCCCC([NH3+])C(=O)Oc1cc(C)c2c(c1)C[C@H]1[C@@]2(C)CCC2C(C)(C)CCC[C@@]21C.[Cl-]. The summed E-state index contributed by atoms with van der Waals surface area (Å²) in [5.41, 5.74) is 17.0. The van der Waals surface area contributed by atoms with Crippen LogP contribution in [0.25, 0.3) is 0 Å². The van der Waals surface area contributed by atoms with E-state index in [1.165, 1.54) is 142 Å². The third kappa shape index (κ3) is 26.0. The Bertz CT molecular complexity index is 4670. The summed E-state index contributed by atoms with van der Waals surface area (Å²) >= 11 is 0. The van der Waals surface area contributed by atoms with Gasteiger partial charge in [0.1, 0.15) is 51.7 Å². The molecule has 23 nitrogen and oxygen atoms in total. The van der Waals surface area contributed by atoms with Crippen LogP contribution in [0.2, 0.25) is 0 Å². The van der Waals surface area contributed by atoms with Crippen LogP contribution in [0.5, 0.6) is 17.2 Å². The fourth-order valence-corrected chi connectivity index (χ4v) is 27.7. The highest BCUT2D eigenvalue weighted by Crippen LogP contribution is 2.72. The number of unbranched alkanes of at least 4 members (excludes halogenated alkanes) is 4. The van der Waals surface area contributed by atoms with Crippen LogP contribution in [0, 0.1) is 95.7 Å². The predicted octanol–water partition coefficient (Wildman–Crippen LogP) is 19.9. The minimum Gasteiger partial charge on any atom is -1.00 e. The quantitative estimate of drug-likeness (QED) is 0.0136. The van der Waals surface area contributed by atoms with Crippen molar-refractivity contribution in [3.63, 3.8) is 0 Å². The van der Waals surface area contributed by atoms with Crippen molar-refractivity contribution < 1.29 is 99.7 Å². The van der Waals surface area contributed by atoms with E-state index in [0.29, 0.717) is 112 Å². The molecule has 1 saturated heterocycles. The molecule has 25 heteroatoms. The molecule has 1 aliphatic heterocycles. The van der Waals surface area contributed by atoms with Gasteiger partial charge in [0.25, 0.3) is 11.8 Å². The van der Waals surface area contributed by atoms with E-state index in [4.69, 9.17) is 33.3 Å². The van der Waals surface area contributed by atoms with E-state index in [1.807, 2.05) is 32.9 Å². The Hall–Kier alpha value is -7.50. The van der Waals surface area contributed by atoms with Gasteiger partial charge in [-0.05, 0) is 422 Å². The van der Waals surface area contributed by atoms with Gasteiger partial charge in [-0.2, -0.15) is 0 Å². The first-order valence-corrected chi connectivity index (χ1v) is 50.2. The first-order chi connectivity index (χ1) is 61.0. The zero-order valence-corrected chi connectivity index (χ0v) is 88.5. The monoisotopic (exact) mass is 1910 g/mol. The van der Waals surface area contributed by atoms with Crippen LogP contribution in [0.3, 0.4) is 0 Å². The Morgan fingerprint density at radius 1 is 0.433 bits per heavy atom. The molecule has 1 heterocycles. The highest BCUT2D eigenvalue weighted by atomic mass is 35.5. The molecule has 0 bridgehead atoms. The van der Waals surface area contributed by atoms with Crippen LogP contribution in [-0.4, -0.2) is 118 Å². The molecule has 6 saturated carbocycles. The van der Waals surface area contributed by atoms with Crippen molar-refractivity contribution >= 4 is 66.5 Å². The highest BCUT2D eigenvalue weighted by molar-refractivity contribution is 6.02. The van der Waals surface area contributed by atoms with E-state index in [9.17, 15) is 48.3 Å². The maximum Gasteiger partial charge on any atom is 0.408 e. The Balaban J connectivity index is 0.000000225. The van der Waals surface area contributed by atoms with Gasteiger partial charge < -0.3 is 77.8 Å². The summed E-state index contributed by atoms with van der Waals surface area (Å²) in [7, 11) is 0. The largest absolute Gasteiger partial charge is 1.00 e. The second-order valence-electron chi connectivity index (χ2n) is 48.8. The number of hydrogen-bond donors (Lipinski definition) is 6. The number of rotatable bonds is 22. The van der Waals surface area contributed by atoms with E-state index in [1.54, 1.807) is 73.4 Å². The molecule has 9 aliphatic carbocycles. The van der Waals surface area contributed by atoms with Gasteiger partial charge in [-0.15, -0.1) is 17.5 Å². The molecule has 752 valence electrons. The van der Waals surface area contributed by atoms with Gasteiger partial charge in [-0.1, -0.05) is 102 Å². The molecule has 3 aromatic carbocycles. The first kappa shape index (κ1) is 112. The summed E-state index contributed by atoms with van der Waals surface area (Å²) in [5.74, 6) is 3.15. The summed E-state index contributed by atoms with van der Waals surface area (Å²) in [6, 6.07) is 10.0. The van der Waals surface area contributed by atoms with Crippen molar-refractivity contribution in [2.24, 2.45) is 68.0 Å². The lowest BCUT2D eigenvalue weighted by Gasteiger charge is -2.61. The Kier molecular flexibility index (Phi) is 35.9. The number of nitrogens with zero attached hydrogens (tertiary/aromatic N) is 1. The van der Waals surface area contributed by atoms with Crippen molar-refractivity contribution in [2.45, 2.75) is 436 Å². The Morgan fingerprint density at radius 3 is 1.10 bits per heavy atom. The number of carbonyl (C=O) groups is 9. The number of phenols is 1. The van der Waals surface area contributed by atoms with Crippen LogP contribution in [0.15, 0.2) is 36.4 Å². The van der Waals surface area contributed by atoms with Crippen molar-refractivity contribution in [1.82, 2.24) is 26.3 Å². The van der Waals surface area contributed by atoms with E-state index >= 15 is 0 Å². The minimum atomic E-state index is -1.14. The van der Waals surface area contributed by atoms with Crippen molar-refractivity contribution in [1.29, 1.82) is 0 Å². The number of carbonyl (C=O) groups excluding carboxylic acids is 9. The maximum absolute atomic E-state index is 13.6. The number of ether oxygens (including phenoxy) is 6. The number of benzene rings is 3. The topological polar surface area (TPSA) is 317 Å². The molecule has 3 aromatic rings. The summed E-state index contributed by atoms with van der Waals surface area (Å²) in [4.78, 5) is 115. The van der Waals surface area contributed by atoms with E-state index in [0.717, 1.165) is 62.2 Å². The van der Waals surface area contributed by atoms with E-state index in [2.05, 4.69) is 162 Å². The highest BCUT2D eigenvalue weighted by Gasteiger charge is 2.65. The summed E-state index contributed by atoms with van der Waals surface area (Å²) in [6.07, 6.45) is 26.8.